The molecule has 0 aliphatic rings. The summed E-state index contributed by atoms with van der Waals surface area (Å²) in [5.41, 5.74) is 0.785. The molecule has 0 saturated carbocycles. The number of rotatable bonds is 4. The van der Waals surface area contributed by atoms with Gasteiger partial charge >= 0.3 is 6.18 Å². The van der Waals surface area contributed by atoms with Gasteiger partial charge in [-0.25, -0.2) is 9.97 Å². The number of anilines is 2. The lowest BCUT2D eigenvalue weighted by Crippen LogP contribution is -2.05. The third-order valence-corrected chi connectivity index (χ3v) is 4.12. The number of fused-ring (bicyclic) bond motifs is 1. The molecule has 8 heteroatoms. The van der Waals surface area contributed by atoms with Gasteiger partial charge in [0.1, 0.15) is 17.9 Å². The predicted octanol–water partition coefficient (Wildman–Crippen LogP) is 5.46. The third-order valence-electron chi connectivity index (χ3n) is 4.12. The van der Waals surface area contributed by atoms with E-state index in [1.807, 2.05) is 0 Å². The molecule has 2 aromatic carbocycles. The Balaban J connectivity index is 1.75. The van der Waals surface area contributed by atoms with Crippen molar-refractivity contribution in [2.24, 2.45) is 0 Å². The number of aldehydes is 1. The molecule has 140 valence electrons. The summed E-state index contributed by atoms with van der Waals surface area (Å²) >= 11 is 0. The van der Waals surface area contributed by atoms with Crippen LogP contribution in [0.25, 0.3) is 22.2 Å². The van der Waals surface area contributed by atoms with E-state index < -0.39 is 11.7 Å². The van der Waals surface area contributed by atoms with Gasteiger partial charge < -0.3 is 9.73 Å². The van der Waals surface area contributed by atoms with Crippen LogP contribution in [0, 0.1) is 0 Å². The highest BCUT2D eigenvalue weighted by molar-refractivity contribution is 5.93. The molecule has 0 spiro atoms. The first-order valence-corrected chi connectivity index (χ1v) is 8.18. The van der Waals surface area contributed by atoms with Crippen LogP contribution in [-0.2, 0) is 6.18 Å². The van der Waals surface area contributed by atoms with Crippen molar-refractivity contribution in [1.29, 1.82) is 0 Å². The predicted molar refractivity (Wildman–Crippen MR) is 97.4 cm³/mol. The van der Waals surface area contributed by atoms with E-state index in [2.05, 4.69) is 15.3 Å². The maximum atomic E-state index is 12.9. The quantitative estimate of drug-likeness (QED) is 0.474. The number of aromatic nitrogens is 2. The summed E-state index contributed by atoms with van der Waals surface area (Å²) < 4.78 is 44.3. The summed E-state index contributed by atoms with van der Waals surface area (Å²) in [6.45, 7) is 0. The molecule has 0 aliphatic carbocycles. The molecule has 4 rings (SSSR count). The van der Waals surface area contributed by atoms with Crippen molar-refractivity contribution in [2.45, 2.75) is 6.18 Å². The number of carbonyl (C=O) groups excluding carboxylic acids is 1. The number of nitrogens with zero attached hydrogens (tertiary/aromatic N) is 2. The maximum Gasteiger partial charge on any atom is 0.416 e. The highest BCUT2D eigenvalue weighted by Crippen LogP contribution is 2.33. The van der Waals surface area contributed by atoms with Gasteiger partial charge in [-0.3, -0.25) is 4.79 Å². The van der Waals surface area contributed by atoms with Crippen LogP contribution in [0.4, 0.5) is 24.7 Å². The van der Waals surface area contributed by atoms with Gasteiger partial charge in [0.05, 0.1) is 11.1 Å². The number of hydrogen-bond donors (Lipinski definition) is 1. The van der Waals surface area contributed by atoms with E-state index in [1.165, 1.54) is 18.5 Å². The molecule has 1 N–H and O–H groups in total. The number of benzene rings is 2. The van der Waals surface area contributed by atoms with Crippen LogP contribution >= 0.6 is 0 Å². The molecule has 5 nitrogen and oxygen atoms in total. The van der Waals surface area contributed by atoms with E-state index in [0.29, 0.717) is 34.3 Å². The van der Waals surface area contributed by atoms with Gasteiger partial charge in [0.15, 0.2) is 12.0 Å². The highest BCUT2D eigenvalue weighted by Gasteiger charge is 2.30. The number of furan rings is 1. The van der Waals surface area contributed by atoms with Crippen molar-refractivity contribution in [2.75, 3.05) is 5.32 Å². The molecule has 0 saturated heterocycles. The van der Waals surface area contributed by atoms with Gasteiger partial charge in [0.2, 0.25) is 0 Å². The van der Waals surface area contributed by atoms with Crippen molar-refractivity contribution >= 4 is 28.7 Å². The SMILES string of the molecule is O=Cc1ccc(-c2ccc3ncnc(Nc4cccc(C(F)(F)F)c4)c3c2)o1. The fraction of sp³-hybridized carbons (Fsp3) is 0.0500. The van der Waals surface area contributed by atoms with Crippen LogP contribution in [0.2, 0.25) is 0 Å². The van der Waals surface area contributed by atoms with Gasteiger partial charge in [-0.15, -0.1) is 0 Å². The molecule has 0 unspecified atom stereocenters. The molecule has 0 atom stereocenters. The molecule has 0 fully saturated rings. The van der Waals surface area contributed by atoms with Crippen molar-refractivity contribution in [1.82, 2.24) is 9.97 Å². The van der Waals surface area contributed by atoms with Crippen LogP contribution in [0.3, 0.4) is 0 Å². The van der Waals surface area contributed by atoms with Crippen LogP contribution in [0.15, 0.2) is 65.3 Å². The minimum atomic E-state index is -4.44. The van der Waals surface area contributed by atoms with E-state index >= 15 is 0 Å². The van der Waals surface area contributed by atoms with Crippen LogP contribution in [0.5, 0.6) is 0 Å². The molecule has 0 amide bonds. The van der Waals surface area contributed by atoms with E-state index in [0.717, 1.165) is 12.1 Å². The second kappa shape index (κ2) is 6.80. The van der Waals surface area contributed by atoms with Gasteiger partial charge in [0, 0.05) is 16.6 Å². The lowest BCUT2D eigenvalue weighted by molar-refractivity contribution is -0.137. The van der Waals surface area contributed by atoms with Crippen molar-refractivity contribution in [3.05, 3.63) is 72.2 Å². The maximum absolute atomic E-state index is 12.9. The van der Waals surface area contributed by atoms with E-state index in [-0.39, 0.29) is 11.4 Å². The molecule has 2 aromatic heterocycles. The monoisotopic (exact) mass is 383 g/mol. The van der Waals surface area contributed by atoms with Gasteiger partial charge in [-0.1, -0.05) is 6.07 Å². The Bertz CT molecular complexity index is 1170. The largest absolute Gasteiger partial charge is 0.453 e. The number of halogens is 3. The van der Waals surface area contributed by atoms with E-state index in [9.17, 15) is 18.0 Å². The Morgan fingerprint density at radius 1 is 1.00 bits per heavy atom. The first-order chi connectivity index (χ1) is 13.4. The summed E-state index contributed by atoms with van der Waals surface area (Å²) in [4.78, 5) is 19.2. The first kappa shape index (κ1) is 17.7. The number of hydrogen-bond acceptors (Lipinski definition) is 5. The van der Waals surface area contributed by atoms with Crippen molar-refractivity contribution < 1.29 is 22.4 Å². The van der Waals surface area contributed by atoms with Crippen LogP contribution in [-0.4, -0.2) is 16.3 Å². The van der Waals surface area contributed by atoms with Crippen LogP contribution in [0.1, 0.15) is 16.1 Å². The second-order valence-corrected chi connectivity index (χ2v) is 5.98. The van der Waals surface area contributed by atoms with Gasteiger partial charge in [0.25, 0.3) is 0 Å². The van der Waals surface area contributed by atoms with Crippen molar-refractivity contribution in [3.8, 4) is 11.3 Å². The lowest BCUT2D eigenvalue weighted by atomic mass is 10.1. The molecule has 28 heavy (non-hydrogen) atoms. The third kappa shape index (κ3) is 3.44. The fourth-order valence-electron chi connectivity index (χ4n) is 2.79. The number of carbonyl (C=O) groups is 1. The zero-order valence-electron chi connectivity index (χ0n) is 14.2. The summed E-state index contributed by atoms with van der Waals surface area (Å²) in [5, 5.41) is 3.52. The molecule has 0 radical (unpaired) electrons. The topological polar surface area (TPSA) is 68.0 Å². The number of alkyl halides is 3. The molecular formula is C20H12F3N3O2. The smallest absolute Gasteiger partial charge is 0.416 e. The van der Waals surface area contributed by atoms with Gasteiger partial charge in [-0.2, -0.15) is 13.2 Å². The minimum Gasteiger partial charge on any atom is -0.453 e. The molecule has 0 bridgehead atoms. The standard InChI is InChI=1S/C20H12F3N3O2/c21-20(22,23)13-2-1-3-14(9-13)26-19-16-8-12(4-6-17(16)24-11-25-19)18-7-5-15(10-27)28-18/h1-11H,(H,24,25,26). The highest BCUT2D eigenvalue weighted by atomic mass is 19.4. The second-order valence-electron chi connectivity index (χ2n) is 5.98. The summed E-state index contributed by atoms with van der Waals surface area (Å²) in [6.07, 6.45) is -2.50. The Labute approximate surface area is 156 Å². The summed E-state index contributed by atoms with van der Waals surface area (Å²) in [7, 11) is 0. The van der Waals surface area contributed by atoms with Crippen LogP contribution < -0.4 is 5.32 Å². The summed E-state index contributed by atoms with van der Waals surface area (Å²) in [5.74, 6) is 1.04. The minimum absolute atomic E-state index is 0.196. The lowest BCUT2D eigenvalue weighted by Gasteiger charge is -2.12. The number of nitrogens with one attached hydrogen (secondary N) is 1. The van der Waals surface area contributed by atoms with E-state index in [4.69, 9.17) is 4.42 Å². The fourth-order valence-corrected chi connectivity index (χ4v) is 2.79. The Kier molecular flexibility index (Phi) is 4.31. The molecule has 4 aromatic rings. The molecular weight excluding hydrogens is 371 g/mol. The van der Waals surface area contributed by atoms with Gasteiger partial charge in [-0.05, 0) is 48.5 Å². The first-order valence-electron chi connectivity index (χ1n) is 8.18. The summed E-state index contributed by atoms with van der Waals surface area (Å²) in [6, 6.07) is 13.3. The average Bonchev–Trinajstić information content (AvgIpc) is 3.17. The Morgan fingerprint density at radius 2 is 1.86 bits per heavy atom. The van der Waals surface area contributed by atoms with Crippen molar-refractivity contribution in [3.63, 3.8) is 0 Å². The average molecular weight is 383 g/mol. The zero-order valence-corrected chi connectivity index (χ0v) is 14.2. The molecule has 0 aliphatic heterocycles. The molecule has 2 heterocycles. The normalized spacial score (nSPS) is 11.5. The zero-order chi connectivity index (χ0) is 19.7. The van der Waals surface area contributed by atoms with E-state index in [1.54, 1.807) is 30.3 Å². The Hall–Kier alpha value is -3.68. The Morgan fingerprint density at radius 3 is 2.61 bits per heavy atom.